The molecule has 29 heavy (non-hydrogen) atoms. The van der Waals surface area contributed by atoms with Crippen LogP contribution >= 0.6 is 11.3 Å². The van der Waals surface area contributed by atoms with E-state index in [1.165, 1.54) is 29.8 Å². The van der Waals surface area contributed by atoms with Crippen molar-refractivity contribution in [2.45, 2.75) is 0 Å². The van der Waals surface area contributed by atoms with Gasteiger partial charge in [-0.15, -0.1) is 11.3 Å². The number of nitrogens with two attached hydrogens (primary N) is 1. The Bertz CT molecular complexity index is 1160. The fourth-order valence-corrected chi connectivity index (χ4v) is 3.61. The van der Waals surface area contributed by atoms with Crippen molar-refractivity contribution in [2.24, 2.45) is 0 Å². The molecule has 4 aromatic rings. The van der Waals surface area contributed by atoms with Crippen molar-refractivity contribution in [2.75, 3.05) is 11.1 Å². The Balaban J connectivity index is 1.56. The second-order valence-corrected chi connectivity index (χ2v) is 7.05. The number of nitrogens with zero attached hydrogens (tertiary/aromatic N) is 3. The SMILES string of the molecule is Nc1sc(-c2cccnc2)cc1-c1cnc(NC(=O)c2c(F)cccc2F)cn1. The normalized spacial score (nSPS) is 10.7. The van der Waals surface area contributed by atoms with Crippen molar-refractivity contribution in [1.29, 1.82) is 0 Å². The minimum absolute atomic E-state index is 0.0580. The van der Waals surface area contributed by atoms with Crippen molar-refractivity contribution < 1.29 is 13.6 Å². The van der Waals surface area contributed by atoms with E-state index in [9.17, 15) is 13.6 Å². The standard InChI is InChI=1S/C20H13F2N5OS/c21-13-4-1-5-14(22)18(13)20(28)27-17-10-25-15(9-26-17)12-7-16(29-19(12)23)11-3-2-6-24-8-11/h1-10H,23H2,(H,26,27,28). The Morgan fingerprint density at radius 3 is 2.48 bits per heavy atom. The van der Waals surface area contributed by atoms with Crippen molar-refractivity contribution in [3.63, 3.8) is 0 Å². The molecule has 3 aromatic heterocycles. The Kier molecular flexibility index (Phi) is 4.96. The zero-order valence-electron chi connectivity index (χ0n) is 14.8. The molecule has 0 aliphatic carbocycles. The summed E-state index contributed by atoms with van der Waals surface area (Å²) in [5.74, 6) is -2.80. The van der Waals surface area contributed by atoms with E-state index in [1.54, 1.807) is 12.4 Å². The molecule has 1 amide bonds. The third-order valence-electron chi connectivity index (χ3n) is 4.07. The number of nitrogens with one attached hydrogen (secondary N) is 1. The number of aromatic nitrogens is 3. The number of carbonyl (C=O) groups is 1. The van der Waals surface area contributed by atoms with Crippen LogP contribution in [0.15, 0.2) is 61.2 Å². The Morgan fingerprint density at radius 1 is 1.03 bits per heavy atom. The molecule has 4 rings (SSSR count). The van der Waals surface area contributed by atoms with E-state index in [4.69, 9.17) is 5.73 Å². The van der Waals surface area contributed by atoms with Crippen LogP contribution in [-0.2, 0) is 0 Å². The van der Waals surface area contributed by atoms with Gasteiger partial charge in [-0.1, -0.05) is 12.1 Å². The summed E-state index contributed by atoms with van der Waals surface area (Å²) in [5.41, 5.74) is 7.56. The highest BCUT2D eigenvalue weighted by Gasteiger charge is 2.18. The summed E-state index contributed by atoms with van der Waals surface area (Å²) in [5, 5.41) is 2.89. The minimum atomic E-state index is -0.957. The molecule has 0 saturated carbocycles. The highest BCUT2D eigenvalue weighted by molar-refractivity contribution is 7.19. The van der Waals surface area contributed by atoms with Crippen molar-refractivity contribution in [3.05, 3.63) is 78.4 Å². The maximum atomic E-state index is 13.7. The van der Waals surface area contributed by atoms with Crippen LogP contribution in [0.25, 0.3) is 21.7 Å². The van der Waals surface area contributed by atoms with Crippen molar-refractivity contribution in [1.82, 2.24) is 15.0 Å². The number of halogens is 2. The molecule has 0 bridgehead atoms. The molecular formula is C20H13F2N5OS. The number of anilines is 2. The van der Waals surface area contributed by atoms with Gasteiger partial charge in [-0.2, -0.15) is 0 Å². The van der Waals surface area contributed by atoms with Crippen LogP contribution in [0, 0.1) is 11.6 Å². The van der Waals surface area contributed by atoms with E-state index >= 15 is 0 Å². The summed E-state index contributed by atoms with van der Waals surface area (Å²) in [6.45, 7) is 0. The number of hydrogen-bond acceptors (Lipinski definition) is 6. The predicted molar refractivity (Wildman–Crippen MR) is 107 cm³/mol. The van der Waals surface area contributed by atoms with Crippen molar-refractivity contribution in [3.8, 4) is 21.7 Å². The lowest BCUT2D eigenvalue weighted by molar-refractivity contribution is 0.101. The molecule has 0 spiro atoms. The second kappa shape index (κ2) is 7.72. The summed E-state index contributed by atoms with van der Waals surface area (Å²) in [7, 11) is 0. The first-order chi connectivity index (χ1) is 14.0. The van der Waals surface area contributed by atoms with Crippen LogP contribution in [0.1, 0.15) is 10.4 Å². The average Bonchev–Trinajstić information content (AvgIpc) is 3.11. The first kappa shape index (κ1) is 18.6. The number of pyridine rings is 1. The quantitative estimate of drug-likeness (QED) is 0.522. The van der Waals surface area contributed by atoms with E-state index in [1.807, 2.05) is 18.2 Å². The molecule has 3 heterocycles. The number of nitrogen functional groups attached to an aromatic ring is 1. The van der Waals surface area contributed by atoms with Gasteiger partial charge in [0, 0.05) is 28.4 Å². The maximum Gasteiger partial charge on any atom is 0.262 e. The molecule has 6 nitrogen and oxygen atoms in total. The number of carbonyl (C=O) groups excluding carboxylic acids is 1. The number of hydrogen-bond donors (Lipinski definition) is 2. The van der Waals surface area contributed by atoms with Gasteiger partial charge in [0.15, 0.2) is 5.82 Å². The largest absolute Gasteiger partial charge is 0.390 e. The first-order valence-electron chi connectivity index (χ1n) is 8.40. The van der Waals surface area contributed by atoms with Crippen LogP contribution in [0.3, 0.4) is 0 Å². The highest BCUT2D eigenvalue weighted by Crippen LogP contribution is 2.38. The summed E-state index contributed by atoms with van der Waals surface area (Å²) < 4.78 is 27.4. The second-order valence-electron chi connectivity index (χ2n) is 5.97. The van der Waals surface area contributed by atoms with E-state index < -0.39 is 23.1 Å². The predicted octanol–water partition coefficient (Wildman–Crippen LogP) is 4.38. The molecule has 144 valence electrons. The molecular weight excluding hydrogens is 396 g/mol. The Hall–Kier alpha value is -3.72. The van der Waals surface area contributed by atoms with Gasteiger partial charge in [0.05, 0.1) is 23.1 Å². The lowest BCUT2D eigenvalue weighted by atomic mass is 10.1. The van der Waals surface area contributed by atoms with Gasteiger partial charge >= 0.3 is 0 Å². The van der Waals surface area contributed by atoms with Gasteiger partial charge in [-0.3, -0.25) is 14.8 Å². The zero-order valence-corrected chi connectivity index (χ0v) is 15.6. The van der Waals surface area contributed by atoms with Gasteiger partial charge in [-0.25, -0.2) is 13.8 Å². The molecule has 0 fully saturated rings. The third kappa shape index (κ3) is 3.81. The summed E-state index contributed by atoms with van der Waals surface area (Å²) in [4.78, 5) is 25.5. The van der Waals surface area contributed by atoms with Gasteiger partial charge in [0.25, 0.3) is 5.91 Å². The van der Waals surface area contributed by atoms with Crippen LogP contribution < -0.4 is 11.1 Å². The lowest BCUT2D eigenvalue weighted by Crippen LogP contribution is -2.16. The van der Waals surface area contributed by atoms with Gasteiger partial charge in [-0.05, 0) is 24.3 Å². The molecule has 0 aliphatic rings. The first-order valence-corrected chi connectivity index (χ1v) is 9.22. The average molecular weight is 409 g/mol. The summed E-state index contributed by atoms with van der Waals surface area (Å²) >= 11 is 1.39. The Morgan fingerprint density at radius 2 is 1.83 bits per heavy atom. The molecule has 0 atom stereocenters. The topological polar surface area (TPSA) is 93.8 Å². The van der Waals surface area contributed by atoms with Gasteiger partial charge < -0.3 is 11.1 Å². The van der Waals surface area contributed by atoms with Crippen LogP contribution in [0.4, 0.5) is 19.6 Å². The van der Waals surface area contributed by atoms with Crippen LogP contribution in [0.2, 0.25) is 0 Å². The number of thiophene rings is 1. The Labute approximate surface area is 168 Å². The number of amides is 1. The van der Waals surface area contributed by atoms with Crippen LogP contribution in [-0.4, -0.2) is 20.9 Å². The molecule has 9 heteroatoms. The molecule has 0 saturated heterocycles. The summed E-state index contributed by atoms with van der Waals surface area (Å²) in [6.07, 6.45) is 6.15. The third-order valence-corrected chi connectivity index (χ3v) is 5.08. The van der Waals surface area contributed by atoms with E-state index in [-0.39, 0.29) is 5.82 Å². The van der Waals surface area contributed by atoms with Gasteiger partial charge in [0.1, 0.15) is 17.2 Å². The smallest absolute Gasteiger partial charge is 0.262 e. The van der Waals surface area contributed by atoms with E-state index in [0.29, 0.717) is 16.3 Å². The minimum Gasteiger partial charge on any atom is -0.390 e. The van der Waals surface area contributed by atoms with Gasteiger partial charge in [0.2, 0.25) is 0 Å². The van der Waals surface area contributed by atoms with E-state index in [0.717, 1.165) is 22.6 Å². The monoisotopic (exact) mass is 409 g/mol. The van der Waals surface area contributed by atoms with E-state index in [2.05, 4.69) is 20.3 Å². The molecule has 0 aliphatic heterocycles. The summed E-state index contributed by atoms with van der Waals surface area (Å²) in [6, 6.07) is 8.84. The lowest BCUT2D eigenvalue weighted by Gasteiger charge is -2.06. The maximum absolute atomic E-state index is 13.7. The highest BCUT2D eigenvalue weighted by atomic mass is 32.1. The number of benzene rings is 1. The fourth-order valence-electron chi connectivity index (χ4n) is 2.68. The van der Waals surface area contributed by atoms with Crippen molar-refractivity contribution >= 4 is 28.1 Å². The zero-order chi connectivity index (χ0) is 20.4. The fraction of sp³-hybridized carbons (Fsp3) is 0. The molecule has 1 aromatic carbocycles. The van der Waals surface area contributed by atoms with Crippen LogP contribution in [0.5, 0.6) is 0 Å². The molecule has 0 radical (unpaired) electrons. The number of rotatable bonds is 4. The molecule has 0 unspecified atom stereocenters. The molecule has 3 N–H and O–H groups in total.